The second kappa shape index (κ2) is 13.7. The third-order valence-electron chi connectivity index (χ3n) is 2.33. The van der Waals surface area contributed by atoms with Crippen molar-refractivity contribution >= 4 is 8.32 Å². The van der Waals surface area contributed by atoms with E-state index in [0.717, 1.165) is 6.61 Å². The molecule has 0 aromatic carbocycles. The minimum atomic E-state index is -1.40. The van der Waals surface area contributed by atoms with E-state index in [0.29, 0.717) is 58.8 Å². The summed E-state index contributed by atoms with van der Waals surface area (Å²) in [6, 6.07) is 0. The summed E-state index contributed by atoms with van der Waals surface area (Å²) in [5.41, 5.74) is 0. The average Bonchev–Trinajstić information content (AvgIpc) is 2.37. The summed E-state index contributed by atoms with van der Waals surface area (Å²) in [6.45, 7) is 16.6. The van der Waals surface area contributed by atoms with Crippen LogP contribution in [0.2, 0.25) is 19.6 Å². The van der Waals surface area contributed by atoms with Crippen molar-refractivity contribution in [2.24, 2.45) is 5.92 Å². The Balaban J connectivity index is 3.03. The molecule has 128 valence electrons. The van der Waals surface area contributed by atoms with Gasteiger partial charge in [-0.1, -0.05) is 13.8 Å². The van der Waals surface area contributed by atoms with Gasteiger partial charge in [0.1, 0.15) is 0 Å². The maximum absolute atomic E-state index is 5.68. The predicted molar refractivity (Wildman–Crippen MR) is 87.4 cm³/mol. The third-order valence-corrected chi connectivity index (χ3v) is 3.40. The van der Waals surface area contributed by atoms with Crippen LogP contribution in [0.4, 0.5) is 0 Å². The molecule has 0 saturated heterocycles. The van der Waals surface area contributed by atoms with Gasteiger partial charge in [-0.2, -0.15) is 0 Å². The summed E-state index contributed by atoms with van der Waals surface area (Å²) in [5, 5.41) is 0. The predicted octanol–water partition coefficient (Wildman–Crippen LogP) is 2.56. The molecular formula is C15H34O5Si. The molecule has 0 N–H and O–H groups in total. The number of hydrogen-bond donors (Lipinski definition) is 0. The van der Waals surface area contributed by atoms with Crippen LogP contribution in [0.1, 0.15) is 13.8 Å². The summed E-state index contributed by atoms with van der Waals surface area (Å²) in [5.74, 6) is 0.574. The second-order valence-corrected chi connectivity index (χ2v) is 10.8. The first-order chi connectivity index (χ1) is 9.92. The molecule has 5 nitrogen and oxygen atoms in total. The van der Waals surface area contributed by atoms with Gasteiger partial charge in [-0.05, 0) is 25.6 Å². The summed E-state index contributed by atoms with van der Waals surface area (Å²) >= 11 is 0. The lowest BCUT2D eigenvalue weighted by atomic mass is 10.2. The van der Waals surface area contributed by atoms with Gasteiger partial charge in [0.2, 0.25) is 0 Å². The first-order valence-electron chi connectivity index (χ1n) is 7.87. The van der Waals surface area contributed by atoms with Gasteiger partial charge in [-0.25, -0.2) is 0 Å². The lowest BCUT2D eigenvalue weighted by Crippen LogP contribution is -2.27. The van der Waals surface area contributed by atoms with Crippen LogP contribution in [-0.2, 0) is 23.4 Å². The van der Waals surface area contributed by atoms with Gasteiger partial charge >= 0.3 is 0 Å². The smallest absolute Gasteiger partial charge is 0.183 e. The molecule has 0 aliphatic heterocycles. The molecule has 0 unspecified atom stereocenters. The molecule has 0 rings (SSSR count). The van der Waals surface area contributed by atoms with E-state index in [9.17, 15) is 0 Å². The monoisotopic (exact) mass is 322 g/mol. The fourth-order valence-corrected chi connectivity index (χ4v) is 2.08. The molecule has 0 bridgehead atoms. The van der Waals surface area contributed by atoms with Gasteiger partial charge < -0.3 is 23.4 Å². The number of ether oxygens (including phenoxy) is 4. The minimum Gasteiger partial charge on any atom is -0.415 e. The van der Waals surface area contributed by atoms with Crippen molar-refractivity contribution in [2.75, 3.05) is 59.5 Å². The van der Waals surface area contributed by atoms with E-state index in [2.05, 4.69) is 33.5 Å². The van der Waals surface area contributed by atoms with Crippen molar-refractivity contribution in [3.8, 4) is 0 Å². The van der Waals surface area contributed by atoms with Crippen LogP contribution < -0.4 is 0 Å². The highest BCUT2D eigenvalue weighted by Crippen LogP contribution is 2.01. The maximum atomic E-state index is 5.68. The van der Waals surface area contributed by atoms with Crippen LogP contribution in [-0.4, -0.2) is 67.8 Å². The topological polar surface area (TPSA) is 46.2 Å². The van der Waals surface area contributed by atoms with E-state index in [1.165, 1.54) is 0 Å². The van der Waals surface area contributed by atoms with Crippen molar-refractivity contribution < 1.29 is 23.4 Å². The average molecular weight is 323 g/mol. The maximum Gasteiger partial charge on any atom is 0.183 e. The standard InChI is InChI=1S/C15H34O5Si/c1-15(2)14-19-11-10-17-7-6-16-8-9-18-12-13-20-21(3,4)5/h15H,6-14H2,1-5H3. The molecule has 0 aliphatic carbocycles. The van der Waals surface area contributed by atoms with Gasteiger partial charge in [0, 0.05) is 6.61 Å². The molecule has 0 amide bonds. The van der Waals surface area contributed by atoms with Gasteiger partial charge in [-0.15, -0.1) is 0 Å². The normalized spacial score (nSPS) is 12.3. The largest absolute Gasteiger partial charge is 0.415 e. The van der Waals surface area contributed by atoms with Crippen LogP contribution in [0.3, 0.4) is 0 Å². The Morgan fingerprint density at radius 2 is 1.00 bits per heavy atom. The van der Waals surface area contributed by atoms with Crippen LogP contribution in [0.5, 0.6) is 0 Å². The zero-order chi connectivity index (χ0) is 16.0. The Hall–Kier alpha value is 0.0169. The Morgan fingerprint density at radius 3 is 1.38 bits per heavy atom. The summed E-state index contributed by atoms with van der Waals surface area (Å²) < 4.78 is 27.3. The lowest BCUT2D eigenvalue weighted by Gasteiger charge is -2.16. The summed E-state index contributed by atoms with van der Waals surface area (Å²) in [7, 11) is -1.40. The molecule has 0 radical (unpaired) electrons. The Labute approximate surface area is 131 Å². The van der Waals surface area contributed by atoms with E-state index in [1.807, 2.05) is 0 Å². The summed E-state index contributed by atoms with van der Waals surface area (Å²) in [6.07, 6.45) is 0. The molecule has 0 atom stereocenters. The molecule has 0 heterocycles. The van der Waals surface area contributed by atoms with Gasteiger partial charge in [0.25, 0.3) is 0 Å². The molecule has 0 fully saturated rings. The van der Waals surface area contributed by atoms with E-state index in [-0.39, 0.29) is 0 Å². The Morgan fingerprint density at radius 1 is 0.619 bits per heavy atom. The van der Waals surface area contributed by atoms with E-state index < -0.39 is 8.32 Å². The van der Waals surface area contributed by atoms with Crippen LogP contribution >= 0.6 is 0 Å². The Bertz CT molecular complexity index is 219. The van der Waals surface area contributed by atoms with Crippen molar-refractivity contribution in [1.29, 1.82) is 0 Å². The fourth-order valence-electron chi connectivity index (χ4n) is 1.39. The van der Waals surface area contributed by atoms with Crippen LogP contribution in [0.25, 0.3) is 0 Å². The molecule has 0 aromatic rings. The highest BCUT2D eigenvalue weighted by molar-refractivity contribution is 6.69. The first-order valence-corrected chi connectivity index (χ1v) is 11.3. The quantitative estimate of drug-likeness (QED) is 0.342. The Kier molecular flexibility index (Phi) is 13.7. The van der Waals surface area contributed by atoms with Gasteiger partial charge in [-0.3, -0.25) is 0 Å². The molecule has 6 heteroatoms. The fraction of sp³-hybridized carbons (Fsp3) is 1.00. The first kappa shape index (κ1) is 21.0. The molecule has 0 aliphatic rings. The van der Waals surface area contributed by atoms with Gasteiger partial charge in [0.15, 0.2) is 8.32 Å². The molecule has 0 spiro atoms. The van der Waals surface area contributed by atoms with Crippen molar-refractivity contribution in [3.63, 3.8) is 0 Å². The third kappa shape index (κ3) is 20.0. The molecule has 21 heavy (non-hydrogen) atoms. The highest BCUT2D eigenvalue weighted by Gasteiger charge is 2.12. The molecule has 0 saturated carbocycles. The SMILES string of the molecule is CC(C)COCCOCCOCCOCCO[Si](C)(C)C. The zero-order valence-corrected chi connectivity index (χ0v) is 15.5. The van der Waals surface area contributed by atoms with Crippen molar-refractivity contribution in [3.05, 3.63) is 0 Å². The highest BCUT2D eigenvalue weighted by atomic mass is 28.4. The minimum absolute atomic E-state index is 0.574. The second-order valence-electron chi connectivity index (χ2n) is 6.27. The van der Waals surface area contributed by atoms with E-state index >= 15 is 0 Å². The molecular weight excluding hydrogens is 288 g/mol. The van der Waals surface area contributed by atoms with Crippen LogP contribution in [0.15, 0.2) is 0 Å². The van der Waals surface area contributed by atoms with Crippen LogP contribution in [0, 0.1) is 5.92 Å². The molecule has 0 aromatic heterocycles. The zero-order valence-electron chi connectivity index (χ0n) is 14.5. The van der Waals surface area contributed by atoms with E-state index in [4.69, 9.17) is 23.4 Å². The number of rotatable bonds is 15. The van der Waals surface area contributed by atoms with Crippen molar-refractivity contribution in [1.82, 2.24) is 0 Å². The number of hydrogen-bond acceptors (Lipinski definition) is 5. The van der Waals surface area contributed by atoms with Gasteiger partial charge in [0.05, 0.1) is 52.9 Å². The van der Waals surface area contributed by atoms with E-state index in [1.54, 1.807) is 0 Å². The van der Waals surface area contributed by atoms with Crippen molar-refractivity contribution in [2.45, 2.75) is 33.5 Å². The summed E-state index contributed by atoms with van der Waals surface area (Å²) in [4.78, 5) is 0. The lowest BCUT2D eigenvalue weighted by molar-refractivity contribution is -0.00723.